The molecule has 35 heavy (non-hydrogen) atoms. The molecule has 1 saturated heterocycles. The van der Waals surface area contributed by atoms with E-state index in [-0.39, 0.29) is 11.6 Å². The van der Waals surface area contributed by atoms with Gasteiger partial charge in [-0.2, -0.15) is 18.4 Å². The first-order chi connectivity index (χ1) is 16.7. The molecule has 9 heteroatoms. The van der Waals surface area contributed by atoms with Crippen molar-refractivity contribution < 1.29 is 22.8 Å². The second-order valence-electron chi connectivity index (χ2n) is 8.09. The van der Waals surface area contributed by atoms with Crippen molar-refractivity contribution in [3.05, 3.63) is 83.9 Å². The highest BCUT2D eigenvalue weighted by Gasteiger charge is 2.32. The highest BCUT2D eigenvalue weighted by atomic mass is 19.4. The number of halogens is 3. The molecule has 0 aromatic heterocycles. The highest BCUT2D eigenvalue weighted by Crippen LogP contribution is 2.30. The van der Waals surface area contributed by atoms with Crippen LogP contribution in [0.2, 0.25) is 0 Å². The molecule has 0 bridgehead atoms. The molecule has 0 radical (unpaired) electrons. The van der Waals surface area contributed by atoms with Crippen LogP contribution in [-0.2, 0) is 11.0 Å². The normalized spacial score (nSPS) is 15.9. The molecule has 4 rings (SSSR count). The highest BCUT2D eigenvalue weighted by molar-refractivity contribution is 6.01. The van der Waals surface area contributed by atoms with Crippen LogP contribution in [0, 0.1) is 11.3 Å². The number of anilines is 2. The first-order valence-corrected chi connectivity index (χ1v) is 10.9. The minimum Gasteiger partial charge on any atom is -0.326 e. The first-order valence-electron chi connectivity index (χ1n) is 10.9. The Morgan fingerprint density at radius 3 is 2.11 bits per heavy atom. The monoisotopic (exact) mass is 478 g/mol. The molecule has 2 N–H and O–H groups in total. The lowest BCUT2D eigenvalue weighted by atomic mass is 10.0. The summed E-state index contributed by atoms with van der Waals surface area (Å²) in [5.74, 6) is -0.259. The number of urea groups is 1. The van der Waals surface area contributed by atoms with Gasteiger partial charge in [-0.05, 0) is 72.5 Å². The maximum atomic E-state index is 13.0. The number of carbonyl (C=O) groups is 2. The summed E-state index contributed by atoms with van der Waals surface area (Å²) in [5, 5.41) is 14.0. The number of nitrogens with one attached hydrogen (secondary N) is 2. The van der Waals surface area contributed by atoms with Crippen LogP contribution in [0.1, 0.15) is 24.0 Å². The number of hydrogen-bond acceptors (Lipinski definition) is 3. The van der Waals surface area contributed by atoms with Crippen LogP contribution in [0.25, 0.3) is 11.1 Å². The zero-order valence-corrected chi connectivity index (χ0v) is 18.5. The molecule has 1 aliphatic heterocycles. The third-order valence-electron chi connectivity index (χ3n) is 5.74. The number of rotatable bonds is 4. The summed E-state index contributed by atoms with van der Waals surface area (Å²) in [6, 6.07) is 19.4. The van der Waals surface area contributed by atoms with Crippen molar-refractivity contribution in [1.82, 2.24) is 5.32 Å². The Kier molecular flexibility index (Phi) is 6.73. The predicted octanol–water partition coefficient (Wildman–Crippen LogP) is 5.56. The van der Waals surface area contributed by atoms with E-state index < -0.39 is 23.8 Å². The second-order valence-corrected chi connectivity index (χ2v) is 8.09. The Balaban J connectivity index is 1.39. The summed E-state index contributed by atoms with van der Waals surface area (Å²) >= 11 is 0. The van der Waals surface area contributed by atoms with Gasteiger partial charge in [0.15, 0.2) is 0 Å². The molecule has 1 aliphatic rings. The van der Waals surface area contributed by atoms with Crippen LogP contribution in [0.3, 0.4) is 0 Å². The van der Waals surface area contributed by atoms with Gasteiger partial charge in [0.1, 0.15) is 6.04 Å². The van der Waals surface area contributed by atoms with E-state index >= 15 is 0 Å². The standard InChI is InChI=1S/C26H21F3N4O2/c27-26(28,29)20-9-11-21(12-10-20)31-25(35)32-23-2-1-15-33(24(23)34)22-13-7-19(8-14-22)18-5-3-17(16-30)4-6-18/h3-14,23H,1-2,15H2,(H2,31,32,35). The van der Waals surface area contributed by atoms with E-state index in [4.69, 9.17) is 5.26 Å². The second kappa shape index (κ2) is 9.89. The van der Waals surface area contributed by atoms with Crippen molar-refractivity contribution in [2.45, 2.75) is 25.1 Å². The number of amides is 3. The Hall–Kier alpha value is -4.32. The first kappa shape index (κ1) is 23.8. The number of nitriles is 1. The fourth-order valence-corrected chi connectivity index (χ4v) is 3.90. The van der Waals surface area contributed by atoms with Crippen molar-refractivity contribution in [3.8, 4) is 17.2 Å². The minimum atomic E-state index is -4.46. The van der Waals surface area contributed by atoms with Gasteiger partial charge in [-0.25, -0.2) is 4.79 Å². The Morgan fingerprint density at radius 1 is 0.943 bits per heavy atom. The number of nitrogens with zero attached hydrogens (tertiary/aromatic N) is 2. The molecule has 1 fully saturated rings. The predicted molar refractivity (Wildman–Crippen MR) is 126 cm³/mol. The smallest absolute Gasteiger partial charge is 0.326 e. The molecule has 178 valence electrons. The van der Waals surface area contributed by atoms with Crippen LogP contribution in [0.4, 0.5) is 29.3 Å². The van der Waals surface area contributed by atoms with Crippen molar-refractivity contribution in [2.75, 3.05) is 16.8 Å². The number of alkyl halides is 3. The molecule has 1 heterocycles. The van der Waals surface area contributed by atoms with Gasteiger partial charge in [0, 0.05) is 17.9 Å². The lowest BCUT2D eigenvalue weighted by molar-refractivity contribution is -0.137. The van der Waals surface area contributed by atoms with Crippen LogP contribution in [0.5, 0.6) is 0 Å². The van der Waals surface area contributed by atoms with Gasteiger partial charge in [-0.1, -0.05) is 24.3 Å². The Bertz CT molecular complexity index is 1250. The van der Waals surface area contributed by atoms with E-state index in [1.807, 2.05) is 36.4 Å². The Morgan fingerprint density at radius 2 is 1.54 bits per heavy atom. The van der Waals surface area contributed by atoms with E-state index in [2.05, 4.69) is 16.7 Å². The molecular weight excluding hydrogens is 457 g/mol. The molecule has 0 spiro atoms. The molecular formula is C26H21F3N4O2. The average molecular weight is 478 g/mol. The zero-order chi connectivity index (χ0) is 25.0. The molecule has 3 aromatic carbocycles. The summed E-state index contributed by atoms with van der Waals surface area (Å²) in [5.41, 5.74) is 2.53. The Labute approximate surface area is 200 Å². The summed E-state index contributed by atoms with van der Waals surface area (Å²) in [7, 11) is 0. The zero-order valence-electron chi connectivity index (χ0n) is 18.5. The lowest BCUT2D eigenvalue weighted by Gasteiger charge is -2.32. The van der Waals surface area contributed by atoms with Crippen molar-refractivity contribution in [2.24, 2.45) is 0 Å². The molecule has 3 aromatic rings. The largest absolute Gasteiger partial charge is 0.416 e. The maximum Gasteiger partial charge on any atom is 0.416 e. The fraction of sp³-hybridized carbons (Fsp3) is 0.192. The van der Waals surface area contributed by atoms with Crippen molar-refractivity contribution >= 4 is 23.3 Å². The number of benzene rings is 3. The fourth-order valence-electron chi connectivity index (χ4n) is 3.90. The van der Waals surface area contributed by atoms with Crippen LogP contribution < -0.4 is 15.5 Å². The quantitative estimate of drug-likeness (QED) is 0.515. The summed E-state index contributed by atoms with van der Waals surface area (Å²) in [6.07, 6.45) is -3.33. The van der Waals surface area contributed by atoms with Gasteiger partial charge >= 0.3 is 12.2 Å². The number of carbonyl (C=O) groups excluding carboxylic acids is 2. The molecule has 6 nitrogen and oxygen atoms in total. The topological polar surface area (TPSA) is 85.2 Å². The summed E-state index contributed by atoms with van der Waals surface area (Å²) < 4.78 is 38.1. The van der Waals surface area contributed by atoms with Gasteiger partial charge < -0.3 is 15.5 Å². The maximum absolute atomic E-state index is 13.0. The lowest BCUT2D eigenvalue weighted by Crippen LogP contribution is -2.53. The van der Waals surface area contributed by atoms with Crippen LogP contribution in [0.15, 0.2) is 72.8 Å². The van der Waals surface area contributed by atoms with E-state index in [0.29, 0.717) is 30.6 Å². The minimum absolute atomic E-state index is 0.189. The van der Waals surface area contributed by atoms with E-state index in [1.54, 1.807) is 17.0 Å². The van der Waals surface area contributed by atoms with Crippen molar-refractivity contribution in [3.63, 3.8) is 0 Å². The van der Waals surface area contributed by atoms with Gasteiger partial charge in [-0.15, -0.1) is 0 Å². The molecule has 1 unspecified atom stereocenters. The van der Waals surface area contributed by atoms with Crippen LogP contribution in [-0.4, -0.2) is 24.5 Å². The third kappa shape index (κ3) is 5.61. The number of piperidine rings is 1. The molecule has 1 atom stereocenters. The SMILES string of the molecule is N#Cc1ccc(-c2ccc(N3CCCC(NC(=O)Nc4ccc(C(F)(F)F)cc4)C3=O)cc2)cc1. The van der Waals surface area contributed by atoms with Crippen LogP contribution >= 0.6 is 0 Å². The summed E-state index contributed by atoms with van der Waals surface area (Å²) in [6.45, 7) is 0.508. The third-order valence-corrected chi connectivity index (χ3v) is 5.74. The van der Waals surface area contributed by atoms with Gasteiger partial charge in [-0.3, -0.25) is 4.79 Å². The van der Waals surface area contributed by atoms with Gasteiger partial charge in [0.05, 0.1) is 17.2 Å². The van der Waals surface area contributed by atoms with E-state index in [9.17, 15) is 22.8 Å². The van der Waals surface area contributed by atoms with Gasteiger partial charge in [0.25, 0.3) is 0 Å². The van der Waals surface area contributed by atoms with E-state index in [0.717, 1.165) is 35.4 Å². The summed E-state index contributed by atoms with van der Waals surface area (Å²) in [4.78, 5) is 27.0. The molecule has 0 saturated carbocycles. The molecule has 0 aliphatic carbocycles. The molecule has 3 amide bonds. The van der Waals surface area contributed by atoms with Crippen molar-refractivity contribution in [1.29, 1.82) is 5.26 Å². The van der Waals surface area contributed by atoms with Gasteiger partial charge in [0.2, 0.25) is 5.91 Å². The number of hydrogen-bond donors (Lipinski definition) is 2. The average Bonchev–Trinajstić information content (AvgIpc) is 2.85. The van der Waals surface area contributed by atoms with E-state index in [1.165, 1.54) is 0 Å².